The molecule has 4 nitrogen and oxygen atoms in total. The molecule has 0 fully saturated rings. The summed E-state index contributed by atoms with van der Waals surface area (Å²) in [5.41, 5.74) is 12.5. The number of benzene rings is 7. The van der Waals surface area contributed by atoms with Crippen LogP contribution in [0.1, 0.15) is 0 Å². The summed E-state index contributed by atoms with van der Waals surface area (Å²) in [6.07, 6.45) is 1.85. The Morgan fingerprint density at radius 3 is 1.44 bits per heavy atom. The number of hydrogen-bond donors (Lipinski definition) is 0. The molecule has 0 aliphatic carbocycles. The van der Waals surface area contributed by atoms with Gasteiger partial charge in [-0.15, -0.1) is 0 Å². The molecule has 0 saturated heterocycles. The molecule has 7 aromatic carbocycles. The molecule has 3 heterocycles. The number of hydrogen-bond acceptors (Lipinski definition) is 2. The van der Waals surface area contributed by atoms with Crippen molar-refractivity contribution in [2.24, 2.45) is 0 Å². The van der Waals surface area contributed by atoms with Gasteiger partial charge in [-0.25, -0.2) is 9.97 Å². The number of fused-ring (bicyclic) bond motifs is 6. The minimum Gasteiger partial charge on any atom is -0.309 e. The van der Waals surface area contributed by atoms with E-state index in [4.69, 9.17) is 9.97 Å². The Kier molecular flexibility index (Phi) is 6.46. The number of para-hydroxylation sites is 3. The van der Waals surface area contributed by atoms with Crippen LogP contribution in [0.25, 0.3) is 88.8 Å². The third-order valence-corrected chi connectivity index (χ3v) is 9.82. The van der Waals surface area contributed by atoms with Crippen molar-refractivity contribution in [1.82, 2.24) is 19.1 Å². The molecule has 0 spiro atoms. The van der Waals surface area contributed by atoms with Gasteiger partial charge in [-0.2, -0.15) is 0 Å². The van der Waals surface area contributed by atoms with E-state index in [0.717, 1.165) is 22.3 Å². The van der Waals surface area contributed by atoms with Crippen LogP contribution < -0.4 is 0 Å². The van der Waals surface area contributed by atoms with Crippen LogP contribution in [-0.2, 0) is 0 Å². The fraction of sp³-hybridized carbons (Fsp3) is 0. The van der Waals surface area contributed by atoms with Gasteiger partial charge < -0.3 is 4.57 Å². The normalized spacial score (nSPS) is 11.6. The molecule has 0 N–H and O–H groups in total. The van der Waals surface area contributed by atoms with Crippen LogP contribution in [0.2, 0.25) is 0 Å². The molecule has 0 bridgehead atoms. The smallest absolute Gasteiger partial charge is 0.235 e. The largest absolute Gasteiger partial charge is 0.309 e. The van der Waals surface area contributed by atoms with E-state index in [9.17, 15) is 0 Å². The summed E-state index contributed by atoms with van der Waals surface area (Å²) >= 11 is 0. The number of aromatic nitrogens is 4. The lowest BCUT2D eigenvalue weighted by Gasteiger charge is -2.09. The van der Waals surface area contributed by atoms with Crippen molar-refractivity contribution < 1.29 is 0 Å². The molecule has 0 aliphatic heterocycles. The first-order valence-electron chi connectivity index (χ1n) is 16.9. The van der Waals surface area contributed by atoms with E-state index in [2.05, 4.69) is 161 Å². The van der Waals surface area contributed by atoms with Crippen LogP contribution >= 0.6 is 0 Å². The second-order valence-electron chi connectivity index (χ2n) is 12.7. The van der Waals surface area contributed by atoms with Gasteiger partial charge in [0.1, 0.15) is 0 Å². The molecule has 0 saturated carbocycles. The Hall–Kier alpha value is -6.78. The maximum atomic E-state index is 5.01. The van der Waals surface area contributed by atoms with Crippen LogP contribution in [0.4, 0.5) is 0 Å². The average Bonchev–Trinajstić information content (AvgIpc) is 3.71. The summed E-state index contributed by atoms with van der Waals surface area (Å²) in [6.45, 7) is 0. The highest BCUT2D eigenvalue weighted by atomic mass is 15.2. The lowest BCUT2D eigenvalue weighted by Crippen LogP contribution is -2.01. The summed E-state index contributed by atoms with van der Waals surface area (Å²) in [6, 6.07) is 62.5. The highest BCUT2D eigenvalue weighted by molar-refractivity contribution is 6.11. The molecule has 0 radical (unpaired) electrons. The van der Waals surface area contributed by atoms with E-state index < -0.39 is 0 Å². The first kappa shape index (κ1) is 28.3. The second-order valence-corrected chi connectivity index (χ2v) is 12.7. The number of nitrogens with zero attached hydrogens (tertiary/aromatic N) is 4. The Bertz CT molecular complexity index is 2850. The topological polar surface area (TPSA) is 35.6 Å². The molecule has 3 aromatic heterocycles. The molecular formula is C46H30N4. The van der Waals surface area contributed by atoms with E-state index in [0.29, 0.717) is 5.95 Å². The van der Waals surface area contributed by atoms with Gasteiger partial charge >= 0.3 is 0 Å². The fourth-order valence-corrected chi connectivity index (χ4v) is 7.46. The molecule has 50 heavy (non-hydrogen) atoms. The van der Waals surface area contributed by atoms with Crippen LogP contribution in [0.15, 0.2) is 182 Å². The monoisotopic (exact) mass is 638 g/mol. The lowest BCUT2D eigenvalue weighted by molar-refractivity contribution is 0.992. The van der Waals surface area contributed by atoms with Crippen LogP contribution in [0.5, 0.6) is 0 Å². The first-order chi connectivity index (χ1) is 24.8. The van der Waals surface area contributed by atoms with Crippen molar-refractivity contribution in [2.45, 2.75) is 0 Å². The third-order valence-electron chi connectivity index (χ3n) is 9.82. The molecular weight excluding hydrogens is 609 g/mol. The molecule has 0 aliphatic rings. The van der Waals surface area contributed by atoms with Crippen LogP contribution in [0, 0.1) is 0 Å². The van der Waals surface area contributed by atoms with Gasteiger partial charge in [0.2, 0.25) is 5.95 Å². The Labute approximate surface area is 289 Å². The van der Waals surface area contributed by atoms with E-state index in [1.165, 1.54) is 60.5 Å². The number of rotatable bonds is 5. The summed E-state index contributed by atoms with van der Waals surface area (Å²) < 4.78 is 4.53. The van der Waals surface area contributed by atoms with E-state index in [1.807, 2.05) is 30.5 Å². The van der Waals surface area contributed by atoms with Crippen molar-refractivity contribution in [3.05, 3.63) is 182 Å². The maximum Gasteiger partial charge on any atom is 0.235 e. The van der Waals surface area contributed by atoms with Gasteiger partial charge in [0.15, 0.2) is 0 Å². The van der Waals surface area contributed by atoms with Crippen molar-refractivity contribution >= 4 is 43.6 Å². The molecule has 0 unspecified atom stereocenters. The van der Waals surface area contributed by atoms with Crippen molar-refractivity contribution in [2.75, 3.05) is 0 Å². The van der Waals surface area contributed by atoms with Gasteiger partial charge in [-0.05, 0) is 76.9 Å². The molecule has 0 amide bonds. The van der Waals surface area contributed by atoms with E-state index in [-0.39, 0.29) is 0 Å². The zero-order valence-corrected chi connectivity index (χ0v) is 27.1. The van der Waals surface area contributed by atoms with Crippen LogP contribution in [-0.4, -0.2) is 19.1 Å². The van der Waals surface area contributed by atoms with Gasteiger partial charge in [-0.3, -0.25) is 4.57 Å². The van der Waals surface area contributed by atoms with Gasteiger partial charge in [0.25, 0.3) is 0 Å². The molecule has 10 aromatic rings. The average molecular weight is 639 g/mol. The van der Waals surface area contributed by atoms with E-state index in [1.54, 1.807) is 0 Å². The third kappa shape index (κ3) is 4.54. The SMILES string of the molecule is c1ccc(-c2ccnc(-n3c4ccccc4c4cc(-c5ccc(-c6ccc7c(c6)c6ccccc6n7-c6ccccc6)cc5)ccc43)n2)cc1. The highest BCUT2D eigenvalue weighted by Crippen LogP contribution is 2.37. The summed E-state index contributed by atoms with van der Waals surface area (Å²) in [4.78, 5) is 9.74. The zero-order valence-electron chi connectivity index (χ0n) is 27.1. The molecule has 0 atom stereocenters. The minimum atomic E-state index is 0.665. The summed E-state index contributed by atoms with van der Waals surface area (Å²) in [7, 11) is 0. The van der Waals surface area contributed by atoms with Gasteiger partial charge in [0.05, 0.1) is 27.8 Å². The molecule has 10 rings (SSSR count). The Morgan fingerprint density at radius 2 is 0.820 bits per heavy atom. The predicted octanol–water partition coefficient (Wildman–Crippen LogP) is 11.7. The van der Waals surface area contributed by atoms with Crippen molar-refractivity contribution in [3.63, 3.8) is 0 Å². The standard InChI is InChI=1S/C46H30N4/c1-3-11-33(12-4-1)41-27-28-47-46(48-41)50-43-18-10-8-16-38(43)40-30-35(24-26-45(40)50)32-21-19-31(20-22-32)34-23-25-44-39(29-34)37-15-7-9-17-42(37)49(44)36-13-5-2-6-14-36/h1-30H. The van der Waals surface area contributed by atoms with Gasteiger partial charge in [0, 0.05) is 39.0 Å². The zero-order chi connectivity index (χ0) is 33.0. The lowest BCUT2D eigenvalue weighted by atomic mass is 9.98. The predicted molar refractivity (Wildman–Crippen MR) is 207 cm³/mol. The molecule has 234 valence electrons. The maximum absolute atomic E-state index is 5.01. The highest BCUT2D eigenvalue weighted by Gasteiger charge is 2.16. The fourth-order valence-electron chi connectivity index (χ4n) is 7.46. The Balaban J connectivity index is 1.04. The quantitative estimate of drug-likeness (QED) is 0.188. The van der Waals surface area contributed by atoms with Crippen molar-refractivity contribution in [1.29, 1.82) is 0 Å². The first-order valence-corrected chi connectivity index (χ1v) is 16.9. The van der Waals surface area contributed by atoms with Gasteiger partial charge in [-0.1, -0.05) is 121 Å². The summed E-state index contributed by atoms with van der Waals surface area (Å²) in [5, 5.41) is 4.87. The Morgan fingerprint density at radius 1 is 0.340 bits per heavy atom. The van der Waals surface area contributed by atoms with Crippen LogP contribution in [0.3, 0.4) is 0 Å². The molecule has 4 heteroatoms. The van der Waals surface area contributed by atoms with Crippen molar-refractivity contribution in [3.8, 4) is 45.1 Å². The van der Waals surface area contributed by atoms with E-state index >= 15 is 0 Å². The summed E-state index contributed by atoms with van der Waals surface area (Å²) in [5.74, 6) is 0.665. The second kappa shape index (κ2) is 11.4. The minimum absolute atomic E-state index is 0.665.